The van der Waals surface area contributed by atoms with Gasteiger partial charge in [-0.05, 0) is 31.7 Å². The van der Waals surface area contributed by atoms with Crippen molar-refractivity contribution < 1.29 is 8.42 Å². The highest BCUT2D eigenvalue weighted by molar-refractivity contribution is 7.91. The van der Waals surface area contributed by atoms with Crippen molar-refractivity contribution in [1.29, 1.82) is 0 Å². The lowest BCUT2D eigenvalue weighted by Gasteiger charge is -2.09. The number of nitrogens with one attached hydrogen (secondary N) is 1. The predicted molar refractivity (Wildman–Crippen MR) is 64.2 cm³/mol. The van der Waals surface area contributed by atoms with E-state index in [0.29, 0.717) is 12.3 Å². The summed E-state index contributed by atoms with van der Waals surface area (Å²) < 4.78 is 22.3. The summed E-state index contributed by atoms with van der Waals surface area (Å²) in [6.07, 6.45) is 3.19. The summed E-state index contributed by atoms with van der Waals surface area (Å²) in [5.74, 6) is 1.22. The minimum atomic E-state index is -2.80. The minimum absolute atomic E-state index is 0.229. The smallest absolute Gasteiger partial charge is 0.150 e. The molecule has 5 heteroatoms. The topological polar surface area (TPSA) is 46.2 Å². The molecular formula is C10H20ClNO2S. The molecule has 90 valence electrons. The van der Waals surface area contributed by atoms with Crippen LogP contribution in [0.1, 0.15) is 26.2 Å². The van der Waals surface area contributed by atoms with Crippen LogP contribution in [0.2, 0.25) is 0 Å². The van der Waals surface area contributed by atoms with Gasteiger partial charge in [0.1, 0.15) is 9.84 Å². The lowest BCUT2D eigenvalue weighted by Crippen LogP contribution is -2.26. The van der Waals surface area contributed by atoms with E-state index in [2.05, 4.69) is 5.32 Å². The van der Waals surface area contributed by atoms with Crippen LogP contribution in [0.15, 0.2) is 0 Å². The largest absolute Gasteiger partial charge is 0.315 e. The Morgan fingerprint density at radius 2 is 2.13 bits per heavy atom. The van der Waals surface area contributed by atoms with Crippen LogP contribution in [0, 0.1) is 5.92 Å². The van der Waals surface area contributed by atoms with Crippen LogP contribution < -0.4 is 5.32 Å². The second kappa shape index (κ2) is 6.06. The normalized spacial score (nSPS) is 19.1. The van der Waals surface area contributed by atoms with E-state index in [9.17, 15) is 8.42 Å². The first-order valence-corrected chi connectivity index (χ1v) is 7.86. The maximum atomic E-state index is 11.2. The Labute approximate surface area is 97.5 Å². The van der Waals surface area contributed by atoms with Gasteiger partial charge in [-0.15, -0.1) is 11.6 Å². The quantitative estimate of drug-likeness (QED) is 0.526. The zero-order valence-electron chi connectivity index (χ0n) is 9.21. The second-order valence-electron chi connectivity index (χ2n) is 4.15. The van der Waals surface area contributed by atoms with E-state index in [4.69, 9.17) is 11.6 Å². The van der Waals surface area contributed by atoms with E-state index in [0.717, 1.165) is 13.1 Å². The molecule has 0 aromatic rings. The first-order chi connectivity index (χ1) is 7.05. The highest BCUT2D eigenvalue weighted by Crippen LogP contribution is 2.35. The highest BCUT2D eigenvalue weighted by Gasteiger charge is 2.28. The molecule has 1 atom stereocenters. The van der Waals surface area contributed by atoms with Crippen LogP contribution in [0.25, 0.3) is 0 Å². The van der Waals surface area contributed by atoms with Gasteiger partial charge in [-0.25, -0.2) is 8.42 Å². The van der Waals surface area contributed by atoms with Gasteiger partial charge in [-0.2, -0.15) is 0 Å². The lowest BCUT2D eigenvalue weighted by molar-refractivity contribution is 0.584. The van der Waals surface area contributed by atoms with Crippen molar-refractivity contribution in [2.24, 2.45) is 5.92 Å². The van der Waals surface area contributed by atoms with Crippen LogP contribution in [-0.4, -0.2) is 38.4 Å². The number of hydrogen-bond acceptors (Lipinski definition) is 3. The summed E-state index contributed by atoms with van der Waals surface area (Å²) in [5, 5.41) is 3.44. The predicted octanol–water partition coefficient (Wildman–Crippen LogP) is 1.42. The SMILES string of the molecule is CCS(=O)(=O)CCCNCC(Cl)C1CC1. The van der Waals surface area contributed by atoms with Crippen LogP contribution in [0.3, 0.4) is 0 Å². The molecule has 0 aliphatic heterocycles. The third-order valence-corrected chi connectivity index (χ3v) is 5.02. The van der Waals surface area contributed by atoms with Gasteiger partial charge in [0.05, 0.1) is 5.75 Å². The van der Waals surface area contributed by atoms with Gasteiger partial charge in [0.2, 0.25) is 0 Å². The molecule has 1 aliphatic rings. The molecule has 3 nitrogen and oxygen atoms in total. The monoisotopic (exact) mass is 253 g/mol. The van der Waals surface area contributed by atoms with Crippen molar-refractivity contribution in [3.63, 3.8) is 0 Å². The van der Waals surface area contributed by atoms with Gasteiger partial charge < -0.3 is 5.32 Å². The third kappa shape index (κ3) is 5.73. The molecule has 0 heterocycles. The number of alkyl halides is 1. The molecule has 0 spiro atoms. The Morgan fingerprint density at radius 1 is 1.47 bits per heavy atom. The molecule has 0 aromatic carbocycles. The maximum absolute atomic E-state index is 11.2. The van der Waals surface area contributed by atoms with E-state index in [-0.39, 0.29) is 16.9 Å². The number of hydrogen-bond donors (Lipinski definition) is 1. The first-order valence-electron chi connectivity index (χ1n) is 5.60. The number of sulfone groups is 1. The van der Waals surface area contributed by atoms with Crippen LogP contribution in [0.5, 0.6) is 0 Å². The summed E-state index contributed by atoms with van der Waals surface area (Å²) in [6, 6.07) is 0. The molecule has 0 aromatic heterocycles. The van der Waals surface area contributed by atoms with Crippen LogP contribution in [0.4, 0.5) is 0 Å². The summed E-state index contributed by atoms with van der Waals surface area (Å²) >= 11 is 6.09. The fourth-order valence-electron chi connectivity index (χ4n) is 1.43. The average molecular weight is 254 g/mol. The second-order valence-corrected chi connectivity index (χ2v) is 7.18. The van der Waals surface area contributed by atoms with Crippen molar-refractivity contribution in [2.45, 2.75) is 31.6 Å². The van der Waals surface area contributed by atoms with Crippen molar-refractivity contribution >= 4 is 21.4 Å². The zero-order valence-corrected chi connectivity index (χ0v) is 10.8. The average Bonchev–Trinajstić information content (AvgIpc) is 3.00. The summed E-state index contributed by atoms with van der Waals surface area (Å²) in [6.45, 7) is 3.23. The number of halogens is 1. The summed E-state index contributed by atoms with van der Waals surface area (Å²) in [7, 11) is -2.80. The first kappa shape index (κ1) is 13.3. The summed E-state index contributed by atoms with van der Waals surface area (Å²) in [5.41, 5.74) is 0. The molecule has 1 unspecified atom stereocenters. The van der Waals surface area contributed by atoms with Crippen molar-refractivity contribution in [3.05, 3.63) is 0 Å². The third-order valence-electron chi connectivity index (χ3n) is 2.72. The zero-order chi connectivity index (χ0) is 11.3. The van der Waals surface area contributed by atoms with Crippen molar-refractivity contribution in [2.75, 3.05) is 24.6 Å². The van der Waals surface area contributed by atoms with E-state index in [1.807, 2.05) is 0 Å². The molecule has 0 saturated heterocycles. The fraction of sp³-hybridized carbons (Fsp3) is 1.00. The van der Waals surface area contributed by atoms with E-state index >= 15 is 0 Å². The van der Waals surface area contributed by atoms with E-state index in [1.54, 1.807) is 6.92 Å². The minimum Gasteiger partial charge on any atom is -0.315 e. The molecule has 1 N–H and O–H groups in total. The van der Waals surface area contributed by atoms with E-state index < -0.39 is 9.84 Å². The molecule has 1 saturated carbocycles. The van der Waals surface area contributed by atoms with Crippen LogP contribution >= 0.6 is 11.6 Å². The molecular weight excluding hydrogens is 234 g/mol. The van der Waals surface area contributed by atoms with Crippen LogP contribution in [-0.2, 0) is 9.84 Å². The number of rotatable bonds is 8. The molecule has 0 radical (unpaired) electrons. The van der Waals surface area contributed by atoms with Crippen molar-refractivity contribution in [3.8, 4) is 0 Å². The van der Waals surface area contributed by atoms with Crippen molar-refractivity contribution in [1.82, 2.24) is 5.32 Å². The Hall–Kier alpha value is 0.200. The molecule has 0 amide bonds. The maximum Gasteiger partial charge on any atom is 0.150 e. The van der Waals surface area contributed by atoms with E-state index in [1.165, 1.54) is 12.8 Å². The summed E-state index contributed by atoms with van der Waals surface area (Å²) in [4.78, 5) is 0. The van der Waals surface area contributed by atoms with Gasteiger partial charge in [0, 0.05) is 17.7 Å². The molecule has 1 rings (SSSR count). The molecule has 15 heavy (non-hydrogen) atoms. The van der Waals surface area contributed by atoms with Gasteiger partial charge in [0.15, 0.2) is 0 Å². The van der Waals surface area contributed by atoms with Gasteiger partial charge in [-0.1, -0.05) is 6.92 Å². The lowest BCUT2D eigenvalue weighted by atomic mass is 10.3. The fourth-order valence-corrected chi connectivity index (χ4v) is 2.66. The van der Waals surface area contributed by atoms with Gasteiger partial charge >= 0.3 is 0 Å². The Morgan fingerprint density at radius 3 is 2.67 bits per heavy atom. The van der Waals surface area contributed by atoms with Gasteiger partial charge in [-0.3, -0.25) is 0 Å². The Kier molecular flexibility index (Phi) is 5.36. The molecule has 1 aliphatic carbocycles. The van der Waals surface area contributed by atoms with Gasteiger partial charge in [0.25, 0.3) is 0 Å². The highest BCUT2D eigenvalue weighted by atomic mass is 35.5. The standard InChI is InChI=1S/C10H20ClNO2S/c1-2-15(13,14)7-3-6-12-8-10(11)9-4-5-9/h9-10,12H,2-8H2,1H3. The molecule has 1 fully saturated rings. The molecule has 0 bridgehead atoms. The Balaban J connectivity index is 1.97. The Bertz CT molecular complexity index is 275.